The Morgan fingerprint density at radius 1 is 1.18 bits per heavy atom. The summed E-state index contributed by atoms with van der Waals surface area (Å²) >= 11 is 0. The highest BCUT2D eigenvalue weighted by Gasteiger charge is 2.20. The van der Waals surface area contributed by atoms with E-state index in [1.54, 1.807) is 6.07 Å². The van der Waals surface area contributed by atoms with Crippen LogP contribution >= 0.6 is 0 Å². The van der Waals surface area contributed by atoms with Crippen LogP contribution in [0.25, 0.3) is 0 Å². The van der Waals surface area contributed by atoms with Crippen LogP contribution in [0.15, 0.2) is 18.2 Å². The van der Waals surface area contributed by atoms with Gasteiger partial charge in [0, 0.05) is 12.1 Å². The Balaban J connectivity index is 0.00000141. The van der Waals surface area contributed by atoms with Gasteiger partial charge in [-0.15, -0.1) is 0 Å². The highest BCUT2D eigenvalue weighted by atomic mass is 19.1. The van der Waals surface area contributed by atoms with E-state index in [2.05, 4.69) is 12.2 Å². The van der Waals surface area contributed by atoms with Gasteiger partial charge in [0.05, 0.1) is 7.18 Å². The molecule has 4 heteroatoms. The summed E-state index contributed by atoms with van der Waals surface area (Å²) in [6.45, 7) is 3.28. The highest BCUT2D eigenvalue weighted by molar-refractivity contribution is 5.18. The number of nitrogens with one attached hydrogen (secondary N) is 1. The van der Waals surface area contributed by atoms with Gasteiger partial charge in [-0.2, -0.15) is 0 Å². The summed E-state index contributed by atoms with van der Waals surface area (Å²) in [6.07, 6.45) is 6.51. The Bertz CT molecular complexity index is 407. The van der Waals surface area contributed by atoms with Crippen LogP contribution in [0, 0.1) is 17.6 Å². The summed E-state index contributed by atoms with van der Waals surface area (Å²) in [7, 11) is 0.500. The molecule has 0 bridgehead atoms. The van der Waals surface area contributed by atoms with Gasteiger partial charge in [0.25, 0.3) is 0 Å². The van der Waals surface area contributed by atoms with Crippen molar-refractivity contribution in [2.75, 3.05) is 13.7 Å². The molecule has 0 spiro atoms. The van der Waals surface area contributed by atoms with Crippen LogP contribution in [0.5, 0.6) is 0 Å². The van der Waals surface area contributed by atoms with Gasteiger partial charge < -0.3 is 5.32 Å². The Morgan fingerprint density at radius 2 is 1.91 bits per heavy atom. The molecule has 1 heterocycles. The lowest BCUT2D eigenvalue weighted by Crippen LogP contribution is -2.38. The van der Waals surface area contributed by atoms with Crippen molar-refractivity contribution >= 4 is 0 Å². The molecule has 0 saturated carbocycles. The number of rotatable bonds is 5. The predicted molar refractivity (Wildman–Crippen MR) is 87.9 cm³/mol. The van der Waals surface area contributed by atoms with Crippen LogP contribution in [0.1, 0.15) is 52.0 Å². The van der Waals surface area contributed by atoms with E-state index < -0.39 is 11.6 Å². The normalized spacial score (nSPS) is 20.6. The van der Waals surface area contributed by atoms with E-state index in [9.17, 15) is 13.2 Å². The maximum atomic E-state index is 13.5. The molecular weight excluding hydrogens is 287 g/mol. The molecule has 2 atom stereocenters. The second-order valence-corrected chi connectivity index (χ2v) is 5.60. The number of hydrogen-bond acceptors (Lipinski definition) is 1. The molecule has 2 unspecified atom stereocenters. The van der Waals surface area contributed by atoms with E-state index in [0.29, 0.717) is 24.7 Å². The predicted octanol–water partition coefficient (Wildman–Crippen LogP) is 5.29. The standard InChI is InChI=1S/C16H23F2N.CH3F.CH4/c1-2-3-15-10-12(8-9-19-15)4-5-13-6-7-14(17)11-16(13)18;1-2;/h6-7,11-12,15,19H,2-5,8-10H2,1H3;1H3;1H4. The third-order valence-electron chi connectivity index (χ3n) is 4.08. The monoisotopic (exact) mass is 317 g/mol. The second kappa shape index (κ2) is 11.5. The summed E-state index contributed by atoms with van der Waals surface area (Å²) < 4.78 is 35.9. The zero-order valence-electron chi connectivity index (χ0n) is 13.0. The molecule has 1 aromatic rings. The number of piperidine rings is 1. The molecule has 1 aromatic carbocycles. The first-order chi connectivity index (χ1) is 10.2. The molecule has 0 radical (unpaired) electrons. The van der Waals surface area contributed by atoms with Crippen LogP contribution in [-0.4, -0.2) is 19.8 Å². The molecule has 0 aliphatic carbocycles. The van der Waals surface area contributed by atoms with Crippen molar-refractivity contribution in [2.24, 2.45) is 5.92 Å². The van der Waals surface area contributed by atoms with E-state index in [0.717, 1.165) is 25.5 Å². The van der Waals surface area contributed by atoms with Crippen molar-refractivity contribution < 1.29 is 13.2 Å². The van der Waals surface area contributed by atoms with Crippen LogP contribution < -0.4 is 5.32 Å². The smallest absolute Gasteiger partial charge is 0.129 e. The number of benzene rings is 1. The molecule has 22 heavy (non-hydrogen) atoms. The van der Waals surface area contributed by atoms with E-state index in [1.807, 2.05) is 0 Å². The summed E-state index contributed by atoms with van der Waals surface area (Å²) in [5.74, 6) is -0.229. The average molecular weight is 317 g/mol. The molecule has 0 amide bonds. The first kappa shape index (κ1) is 21.0. The van der Waals surface area contributed by atoms with E-state index in [1.165, 1.54) is 31.7 Å². The summed E-state index contributed by atoms with van der Waals surface area (Å²) in [4.78, 5) is 0. The van der Waals surface area contributed by atoms with Crippen molar-refractivity contribution in [2.45, 2.75) is 58.9 Å². The maximum absolute atomic E-state index is 13.5. The van der Waals surface area contributed by atoms with Gasteiger partial charge in [-0.25, -0.2) is 8.78 Å². The molecule has 1 N–H and O–H groups in total. The topological polar surface area (TPSA) is 12.0 Å². The van der Waals surface area contributed by atoms with Gasteiger partial charge >= 0.3 is 0 Å². The van der Waals surface area contributed by atoms with Crippen LogP contribution in [0.2, 0.25) is 0 Å². The third-order valence-corrected chi connectivity index (χ3v) is 4.08. The van der Waals surface area contributed by atoms with Gasteiger partial charge in [0.15, 0.2) is 0 Å². The van der Waals surface area contributed by atoms with Gasteiger partial charge in [0.1, 0.15) is 11.6 Å². The van der Waals surface area contributed by atoms with Crippen molar-refractivity contribution in [3.05, 3.63) is 35.4 Å². The molecule has 1 aliphatic heterocycles. The number of halogens is 3. The van der Waals surface area contributed by atoms with Crippen molar-refractivity contribution in [3.63, 3.8) is 0 Å². The van der Waals surface area contributed by atoms with Crippen molar-refractivity contribution in [1.29, 1.82) is 0 Å². The highest BCUT2D eigenvalue weighted by Crippen LogP contribution is 2.24. The van der Waals surface area contributed by atoms with Gasteiger partial charge in [-0.05, 0) is 56.2 Å². The molecular formula is C18H30F3N. The lowest BCUT2D eigenvalue weighted by Gasteiger charge is -2.30. The van der Waals surface area contributed by atoms with Gasteiger partial charge in [-0.1, -0.05) is 26.8 Å². The summed E-state index contributed by atoms with van der Waals surface area (Å²) in [5.41, 5.74) is 0.645. The Hall–Kier alpha value is -1.03. The minimum Gasteiger partial charge on any atom is -0.314 e. The number of hydrogen-bond donors (Lipinski definition) is 1. The SMILES string of the molecule is C.CCCC1CC(CCc2ccc(F)cc2F)CCN1.CF. The minimum absolute atomic E-state index is 0. The fourth-order valence-corrected chi connectivity index (χ4v) is 3.01. The Kier molecular flexibility index (Phi) is 11.0. The Labute approximate surface area is 133 Å². The zero-order valence-corrected chi connectivity index (χ0v) is 13.0. The molecule has 128 valence electrons. The first-order valence-corrected chi connectivity index (χ1v) is 7.74. The van der Waals surface area contributed by atoms with E-state index in [-0.39, 0.29) is 7.43 Å². The van der Waals surface area contributed by atoms with Gasteiger partial charge in [-0.3, -0.25) is 4.39 Å². The van der Waals surface area contributed by atoms with Gasteiger partial charge in [0.2, 0.25) is 0 Å². The molecule has 1 saturated heterocycles. The lowest BCUT2D eigenvalue weighted by atomic mass is 9.86. The Morgan fingerprint density at radius 3 is 2.55 bits per heavy atom. The lowest BCUT2D eigenvalue weighted by molar-refractivity contribution is 0.277. The summed E-state index contributed by atoms with van der Waals surface area (Å²) in [6, 6.07) is 4.54. The largest absolute Gasteiger partial charge is 0.314 e. The van der Waals surface area contributed by atoms with Crippen LogP contribution in [0.4, 0.5) is 13.2 Å². The molecule has 1 aliphatic rings. The van der Waals surface area contributed by atoms with E-state index in [4.69, 9.17) is 0 Å². The van der Waals surface area contributed by atoms with Crippen molar-refractivity contribution in [3.8, 4) is 0 Å². The fourth-order valence-electron chi connectivity index (χ4n) is 3.01. The zero-order chi connectivity index (χ0) is 15.7. The second-order valence-electron chi connectivity index (χ2n) is 5.60. The molecule has 1 nitrogen and oxygen atoms in total. The third kappa shape index (κ3) is 6.82. The summed E-state index contributed by atoms with van der Waals surface area (Å²) in [5, 5.41) is 3.54. The maximum Gasteiger partial charge on any atom is 0.129 e. The fraction of sp³-hybridized carbons (Fsp3) is 0.667. The quantitative estimate of drug-likeness (QED) is 0.778. The van der Waals surface area contributed by atoms with Crippen LogP contribution in [-0.2, 0) is 6.42 Å². The van der Waals surface area contributed by atoms with Crippen LogP contribution in [0.3, 0.4) is 0 Å². The van der Waals surface area contributed by atoms with Crippen molar-refractivity contribution in [1.82, 2.24) is 5.32 Å². The number of aryl methyl sites for hydroxylation is 1. The van der Waals surface area contributed by atoms with E-state index >= 15 is 0 Å². The molecule has 2 rings (SSSR count). The molecule has 1 fully saturated rings. The molecule has 0 aromatic heterocycles. The average Bonchev–Trinajstić information content (AvgIpc) is 2.49. The number of alkyl halides is 1. The first-order valence-electron chi connectivity index (χ1n) is 7.74. The minimum atomic E-state index is -0.494.